The van der Waals surface area contributed by atoms with Gasteiger partial charge in [-0.2, -0.15) is 21.6 Å². The molecule has 0 saturated heterocycles. The molecule has 0 spiro atoms. The summed E-state index contributed by atoms with van der Waals surface area (Å²) in [7, 11) is 0.128. The van der Waals surface area contributed by atoms with Crippen molar-refractivity contribution in [3.05, 3.63) is 59.0 Å². The van der Waals surface area contributed by atoms with Crippen LogP contribution >= 0.6 is 0 Å². The molecule has 0 aliphatic heterocycles. The van der Waals surface area contributed by atoms with E-state index in [0.29, 0.717) is 50.5 Å². The second kappa shape index (κ2) is 15.6. The van der Waals surface area contributed by atoms with Crippen LogP contribution < -0.4 is 39.6 Å². The van der Waals surface area contributed by atoms with E-state index in [1.54, 1.807) is 6.07 Å². The van der Waals surface area contributed by atoms with Crippen LogP contribution in [-0.4, -0.2) is 63.7 Å². The second-order valence-electron chi connectivity index (χ2n) is 10.8. The van der Waals surface area contributed by atoms with Crippen LogP contribution in [0.2, 0.25) is 0 Å². The lowest BCUT2D eigenvalue weighted by Gasteiger charge is -2.25. The summed E-state index contributed by atoms with van der Waals surface area (Å²) in [6.07, 6.45) is -3.61. The van der Waals surface area contributed by atoms with Crippen molar-refractivity contribution in [3.8, 4) is 34.5 Å². The lowest BCUT2D eigenvalue weighted by atomic mass is 10.2. The highest BCUT2D eigenvalue weighted by molar-refractivity contribution is 7.92. The fourth-order valence-electron chi connectivity index (χ4n) is 4.72. The number of alkyl halides is 3. The minimum absolute atomic E-state index is 0.0135. The summed E-state index contributed by atoms with van der Waals surface area (Å²) < 4.78 is 99.5. The molecule has 4 rings (SSSR count). The van der Waals surface area contributed by atoms with Crippen LogP contribution in [0.3, 0.4) is 0 Å². The van der Waals surface area contributed by atoms with Crippen molar-refractivity contribution >= 4 is 32.7 Å². The molecule has 1 aromatic heterocycles. The number of halogens is 3. The summed E-state index contributed by atoms with van der Waals surface area (Å²) >= 11 is 0. The number of ether oxygens (including phenoxy) is 5. The van der Waals surface area contributed by atoms with Gasteiger partial charge in [0.1, 0.15) is 22.9 Å². The monoisotopic (exact) mass is 726 g/mol. The Morgan fingerprint density at radius 1 is 0.840 bits per heavy atom. The number of aromatic nitrogens is 2. The average molecular weight is 727 g/mol. The number of benzene rings is 3. The number of methoxy groups -OCH3 is 2. The van der Waals surface area contributed by atoms with E-state index in [0.717, 1.165) is 22.8 Å². The Hall–Kier alpha value is -5.10. The summed E-state index contributed by atoms with van der Waals surface area (Å²) in [6, 6.07) is 9.99. The molecule has 2 N–H and O–H groups in total. The van der Waals surface area contributed by atoms with Crippen molar-refractivity contribution in [1.29, 1.82) is 0 Å². The predicted octanol–water partition coefficient (Wildman–Crippen LogP) is 4.81. The third-order valence-corrected chi connectivity index (χ3v) is 8.80. The van der Waals surface area contributed by atoms with Gasteiger partial charge in [0.25, 0.3) is 10.0 Å². The van der Waals surface area contributed by atoms with E-state index in [1.807, 2.05) is 6.92 Å². The molecule has 0 fully saturated rings. The molecule has 0 amide bonds. The number of nitrogens with two attached hydrogens (primary N) is 1. The molecule has 0 unspecified atom stereocenters. The first-order valence-corrected chi connectivity index (χ1v) is 16.6. The summed E-state index contributed by atoms with van der Waals surface area (Å²) in [5, 5.41) is 0. The number of sulfonamides is 1. The number of hydrogen-bond acceptors (Lipinski definition) is 11. The molecular formula is C32H37F3N4O10S. The maximum absolute atomic E-state index is 14.2. The molecule has 272 valence electrons. The fraction of sp³-hybridized carbons (Fsp3) is 0.375. The first kappa shape index (κ1) is 37.7. The molecule has 3 aromatic carbocycles. The normalized spacial score (nSPS) is 11.7. The van der Waals surface area contributed by atoms with E-state index in [-0.39, 0.29) is 32.8 Å². The van der Waals surface area contributed by atoms with Crippen molar-refractivity contribution in [3.63, 3.8) is 0 Å². The van der Waals surface area contributed by atoms with Crippen molar-refractivity contribution in [2.24, 2.45) is 19.8 Å². The number of aryl methyl sites for hydroxylation is 2. The number of nitrogens with zero attached hydrogens (tertiary/aromatic N) is 3. The molecule has 0 aliphatic carbocycles. The van der Waals surface area contributed by atoms with Gasteiger partial charge in [0.05, 0.1) is 43.4 Å². The lowest BCUT2D eigenvalue weighted by Crippen LogP contribution is -2.39. The Labute approximate surface area is 285 Å². The maximum atomic E-state index is 14.2. The van der Waals surface area contributed by atoms with Gasteiger partial charge in [-0.1, -0.05) is 11.4 Å². The number of imidazole rings is 1. The molecule has 0 saturated carbocycles. The maximum Gasteiger partial charge on any atom is 0.493 e. The Morgan fingerprint density at radius 2 is 1.44 bits per heavy atom. The molecule has 0 bridgehead atoms. The molecule has 1 heterocycles. The predicted molar refractivity (Wildman–Crippen MR) is 176 cm³/mol. The minimum Gasteiger partial charge on any atom is -0.493 e. The second-order valence-corrected chi connectivity index (χ2v) is 12.5. The van der Waals surface area contributed by atoms with Crippen LogP contribution in [0.15, 0.2) is 58.2 Å². The zero-order chi connectivity index (χ0) is 36.8. The van der Waals surface area contributed by atoms with Gasteiger partial charge >= 0.3 is 17.8 Å². The van der Waals surface area contributed by atoms with Crippen LogP contribution in [0.4, 0.5) is 18.9 Å². The topological polar surface area (TPSA) is 163 Å². The number of hydrogen-bond donors (Lipinski definition) is 1. The highest BCUT2D eigenvalue weighted by Gasteiger charge is 2.46. The molecule has 14 nitrogen and oxygen atoms in total. The van der Waals surface area contributed by atoms with Gasteiger partial charge in [-0.15, -0.1) is 0 Å². The van der Waals surface area contributed by atoms with E-state index >= 15 is 0 Å². The average Bonchev–Trinajstić information content (AvgIpc) is 3.29. The molecule has 50 heavy (non-hydrogen) atoms. The van der Waals surface area contributed by atoms with Crippen molar-refractivity contribution in [1.82, 2.24) is 9.13 Å². The Kier molecular flexibility index (Phi) is 11.8. The van der Waals surface area contributed by atoms with Gasteiger partial charge < -0.3 is 34.3 Å². The molecular weight excluding hydrogens is 689 g/mol. The lowest BCUT2D eigenvalue weighted by molar-refractivity contribution is -0.199. The number of anilines is 1. The smallest absolute Gasteiger partial charge is 0.493 e. The largest absolute Gasteiger partial charge is 0.493 e. The fourth-order valence-corrected chi connectivity index (χ4v) is 5.98. The summed E-state index contributed by atoms with van der Waals surface area (Å²) in [6.45, 7) is 2.98. The van der Waals surface area contributed by atoms with Crippen LogP contribution in [-0.2, 0) is 33.8 Å². The van der Waals surface area contributed by atoms with Crippen LogP contribution in [0.1, 0.15) is 26.2 Å². The molecule has 18 heteroatoms. The minimum atomic E-state index is -5.61. The summed E-state index contributed by atoms with van der Waals surface area (Å²) in [5.74, 6) is -2.61. The van der Waals surface area contributed by atoms with E-state index in [2.05, 4.69) is 4.84 Å². The van der Waals surface area contributed by atoms with Gasteiger partial charge in [0.2, 0.25) is 0 Å². The summed E-state index contributed by atoms with van der Waals surface area (Å²) in [4.78, 5) is 29.2. The van der Waals surface area contributed by atoms with E-state index in [4.69, 9.17) is 29.4 Å². The number of unbranched alkanes of at least 4 members (excludes halogenated alkanes) is 1. The number of carbonyl (C=O) groups is 1. The zero-order valence-corrected chi connectivity index (χ0v) is 28.7. The highest BCUT2D eigenvalue weighted by Crippen LogP contribution is 2.42. The number of rotatable bonds is 16. The van der Waals surface area contributed by atoms with Crippen molar-refractivity contribution in [2.75, 3.05) is 38.4 Å². The van der Waals surface area contributed by atoms with E-state index in [9.17, 15) is 31.2 Å². The van der Waals surface area contributed by atoms with Gasteiger partial charge in [-0.3, -0.25) is 9.13 Å². The van der Waals surface area contributed by atoms with E-state index in [1.165, 1.54) is 57.1 Å². The van der Waals surface area contributed by atoms with Gasteiger partial charge in [0, 0.05) is 44.4 Å². The third-order valence-electron chi connectivity index (χ3n) is 7.24. The Bertz CT molecular complexity index is 2010. The third kappa shape index (κ3) is 8.19. The quantitative estimate of drug-likeness (QED) is 0.125. The van der Waals surface area contributed by atoms with Crippen LogP contribution in [0, 0.1) is 0 Å². The number of fused-ring (bicyclic) bond motifs is 1. The molecule has 4 aromatic rings. The first-order chi connectivity index (χ1) is 23.7. The first-order valence-electron chi connectivity index (χ1n) is 15.2. The zero-order valence-electron chi connectivity index (χ0n) is 27.9. The molecule has 0 atom stereocenters. The van der Waals surface area contributed by atoms with E-state index < -0.39 is 44.2 Å². The Morgan fingerprint density at radius 3 is 2.02 bits per heavy atom. The molecule has 0 aliphatic rings. The van der Waals surface area contributed by atoms with Gasteiger partial charge in [-0.25, -0.2) is 9.59 Å². The number of carbonyl (C=O) groups excluding carboxylic acids is 1. The summed E-state index contributed by atoms with van der Waals surface area (Å²) in [5.41, 5.74) is 4.62. The van der Waals surface area contributed by atoms with Crippen LogP contribution in [0.5, 0.6) is 34.5 Å². The van der Waals surface area contributed by atoms with Crippen molar-refractivity contribution in [2.45, 2.75) is 37.3 Å². The van der Waals surface area contributed by atoms with Crippen molar-refractivity contribution < 1.29 is 54.9 Å². The standard InChI is InChI=1S/C32H37F3N4O10S/c1-6-12-46-20-14-21(47-13-8-7-11-36)16-22(15-20)48-28-19-25-24(37(2)31(41)38(25)3)18-26(28)39(49-30(40)32(33,34)35)50(42,43)23-9-10-27(44-4)29(17-23)45-5/h9-10,14-19H,6-8,11-13,36H2,1-5H3. The van der Waals surface area contributed by atoms with Gasteiger partial charge in [-0.05, 0) is 44.0 Å². The SMILES string of the molecule is CCCOc1cc(OCCCCN)cc(Oc2cc3c(cc2N(OC(=O)C(F)(F)F)S(=O)(=O)c2ccc(OC)c(OC)c2)n(C)c(=O)n3C)c1. The Balaban J connectivity index is 1.97. The molecule has 0 radical (unpaired) electrons. The highest BCUT2D eigenvalue weighted by atomic mass is 32.2. The van der Waals surface area contributed by atoms with Gasteiger partial charge in [0.15, 0.2) is 17.2 Å². The van der Waals surface area contributed by atoms with Crippen LogP contribution in [0.25, 0.3) is 11.0 Å².